The van der Waals surface area contributed by atoms with Crippen LogP contribution in [0.1, 0.15) is 23.2 Å². The third kappa shape index (κ3) is 5.48. The fourth-order valence-electron chi connectivity index (χ4n) is 5.98. The number of hydrogen-bond donors (Lipinski definition) is 2. The molecule has 2 aromatic heterocycles. The summed E-state index contributed by atoms with van der Waals surface area (Å²) < 4.78 is 67.4. The molecule has 1 aliphatic carbocycles. The highest BCUT2D eigenvalue weighted by Gasteiger charge is 2.52. The van der Waals surface area contributed by atoms with Crippen LogP contribution in [0.2, 0.25) is 5.02 Å². The van der Waals surface area contributed by atoms with Crippen molar-refractivity contribution in [3.8, 4) is 28.6 Å². The Morgan fingerprint density at radius 3 is 2.31 bits per heavy atom. The Morgan fingerprint density at radius 2 is 1.73 bits per heavy atom. The summed E-state index contributed by atoms with van der Waals surface area (Å²) in [5, 5.41) is 12.2. The van der Waals surface area contributed by atoms with Gasteiger partial charge in [0.15, 0.2) is 5.82 Å². The van der Waals surface area contributed by atoms with Gasteiger partial charge in [-0.1, -0.05) is 11.6 Å². The van der Waals surface area contributed by atoms with Gasteiger partial charge in [-0.3, -0.25) is 14.3 Å². The molecule has 1 spiro atoms. The van der Waals surface area contributed by atoms with E-state index >= 15 is 8.78 Å². The molecule has 236 valence electrons. The molecule has 1 saturated heterocycles. The molecule has 3 heterocycles. The second-order valence-corrected chi connectivity index (χ2v) is 11.5. The number of methoxy groups -OCH3 is 1. The van der Waals surface area contributed by atoms with Crippen molar-refractivity contribution in [2.75, 3.05) is 30.4 Å². The standard InChI is InChI=1S/C30H26ClF4N5O5/c1-38-25(23-20(32)9-18(44-2)10-21(23)33)24(37-27(42)15-3-5-17(6-4-15)45-29(34)35)28(43)40(38)26-19(31)7-8-22(36-26)39-13-30(14-39)11-16(41)12-30/h3-10,16,29,41H,11-14H2,1-2H3,(H,37,42). The molecule has 4 aromatic rings. The first kappa shape index (κ1) is 30.5. The van der Waals surface area contributed by atoms with Crippen molar-refractivity contribution < 1.29 is 36.9 Å². The van der Waals surface area contributed by atoms with Gasteiger partial charge in [0, 0.05) is 43.2 Å². The first-order valence-corrected chi connectivity index (χ1v) is 14.1. The van der Waals surface area contributed by atoms with E-state index in [1.807, 2.05) is 4.90 Å². The molecule has 1 saturated carbocycles. The number of pyridine rings is 1. The summed E-state index contributed by atoms with van der Waals surface area (Å²) in [4.78, 5) is 33.8. The first-order valence-electron chi connectivity index (χ1n) is 13.7. The summed E-state index contributed by atoms with van der Waals surface area (Å²) in [6, 6.07) is 9.70. The number of carbonyl (C=O) groups is 1. The van der Waals surface area contributed by atoms with Gasteiger partial charge in [0.1, 0.15) is 40.3 Å². The number of alkyl halides is 2. The Morgan fingerprint density at radius 1 is 1.09 bits per heavy atom. The number of ether oxygens (including phenoxy) is 2. The predicted octanol–water partition coefficient (Wildman–Crippen LogP) is 4.99. The maximum atomic E-state index is 15.4. The zero-order valence-corrected chi connectivity index (χ0v) is 24.6. The van der Waals surface area contributed by atoms with Gasteiger partial charge in [0.25, 0.3) is 11.5 Å². The van der Waals surface area contributed by atoms with E-state index in [4.69, 9.17) is 16.3 Å². The number of rotatable bonds is 8. The number of hydrogen-bond acceptors (Lipinski definition) is 7. The molecular formula is C30H26ClF4N5O5. The molecule has 2 aliphatic rings. The molecule has 1 aliphatic heterocycles. The van der Waals surface area contributed by atoms with Crippen LogP contribution in [0.15, 0.2) is 53.3 Å². The topological polar surface area (TPSA) is 111 Å². The third-order valence-electron chi connectivity index (χ3n) is 8.06. The number of benzene rings is 2. The lowest BCUT2D eigenvalue weighted by atomic mass is 9.62. The molecule has 1 amide bonds. The predicted molar refractivity (Wildman–Crippen MR) is 157 cm³/mol. The van der Waals surface area contributed by atoms with E-state index < -0.39 is 41.0 Å². The SMILES string of the molecule is COc1cc(F)c(-c2c(NC(=O)c3ccc(OC(F)F)cc3)c(=O)n(-c3nc(N4CC5(CC(O)C5)C4)ccc3Cl)n2C)c(F)c1. The van der Waals surface area contributed by atoms with E-state index in [0.717, 1.165) is 33.6 Å². The summed E-state index contributed by atoms with van der Waals surface area (Å²) in [6.07, 6.45) is 1.06. The average Bonchev–Trinajstić information content (AvgIpc) is 3.18. The average molecular weight is 648 g/mol. The van der Waals surface area contributed by atoms with Crippen molar-refractivity contribution in [1.82, 2.24) is 14.3 Å². The van der Waals surface area contributed by atoms with Crippen LogP contribution < -0.4 is 25.2 Å². The van der Waals surface area contributed by atoms with Crippen molar-refractivity contribution in [1.29, 1.82) is 0 Å². The molecular weight excluding hydrogens is 622 g/mol. The van der Waals surface area contributed by atoms with Crippen molar-refractivity contribution in [3.05, 3.63) is 81.1 Å². The molecule has 0 unspecified atom stereocenters. The largest absolute Gasteiger partial charge is 0.497 e. The van der Waals surface area contributed by atoms with Crippen LogP contribution in [-0.2, 0) is 7.05 Å². The van der Waals surface area contributed by atoms with Crippen molar-refractivity contribution >= 4 is 29.0 Å². The van der Waals surface area contributed by atoms with Crippen LogP contribution >= 0.6 is 11.6 Å². The van der Waals surface area contributed by atoms with Crippen LogP contribution in [0.4, 0.5) is 29.1 Å². The van der Waals surface area contributed by atoms with Crippen molar-refractivity contribution in [2.45, 2.75) is 25.6 Å². The lowest BCUT2D eigenvalue weighted by Gasteiger charge is -2.58. The summed E-state index contributed by atoms with van der Waals surface area (Å²) in [6.45, 7) is -1.77. The number of halogens is 5. The van der Waals surface area contributed by atoms with E-state index in [9.17, 15) is 23.5 Å². The third-order valence-corrected chi connectivity index (χ3v) is 8.36. The summed E-state index contributed by atoms with van der Waals surface area (Å²) in [5.74, 6) is -2.90. The Bertz CT molecular complexity index is 1830. The second kappa shape index (κ2) is 11.4. The molecule has 2 N–H and O–H groups in total. The number of nitrogens with one attached hydrogen (secondary N) is 1. The molecule has 45 heavy (non-hydrogen) atoms. The number of aromatic nitrogens is 3. The number of anilines is 2. The number of amides is 1. The van der Waals surface area contributed by atoms with Gasteiger partial charge in [-0.2, -0.15) is 13.5 Å². The zero-order valence-electron chi connectivity index (χ0n) is 23.9. The van der Waals surface area contributed by atoms with E-state index in [2.05, 4.69) is 15.0 Å². The molecule has 0 radical (unpaired) electrons. The maximum Gasteiger partial charge on any atom is 0.387 e. The minimum Gasteiger partial charge on any atom is -0.497 e. The zero-order chi connectivity index (χ0) is 32.2. The van der Waals surface area contributed by atoms with Gasteiger partial charge in [-0.05, 0) is 49.2 Å². The number of nitrogens with zero attached hydrogens (tertiary/aromatic N) is 4. The molecule has 2 aromatic carbocycles. The monoisotopic (exact) mass is 647 g/mol. The number of aliphatic hydroxyl groups is 1. The number of aliphatic hydroxyl groups excluding tert-OH is 1. The van der Waals surface area contributed by atoms with Crippen LogP contribution in [0.25, 0.3) is 17.1 Å². The maximum absolute atomic E-state index is 15.4. The van der Waals surface area contributed by atoms with E-state index in [0.29, 0.717) is 31.7 Å². The molecule has 2 fully saturated rings. The van der Waals surface area contributed by atoms with Crippen LogP contribution in [0, 0.1) is 17.0 Å². The normalized spacial score (nSPS) is 15.6. The van der Waals surface area contributed by atoms with Gasteiger partial charge in [-0.15, -0.1) is 0 Å². The molecule has 0 bridgehead atoms. The smallest absolute Gasteiger partial charge is 0.387 e. The first-order chi connectivity index (χ1) is 21.4. The Balaban J connectivity index is 1.44. The Hall–Kier alpha value is -4.56. The Labute approximate surface area is 258 Å². The van der Waals surface area contributed by atoms with E-state index in [1.165, 1.54) is 32.4 Å². The lowest BCUT2D eigenvalue weighted by molar-refractivity contribution is -0.0501. The minimum atomic E-state index is -3.07. The lowest BCUT2D eigenvalue weighted by Crippen LogP contribution is -2.64. The van der Waals surface area contributed by atoms with Gasteiger partial charge < -0.3 is 24.8 Å². The highest BCUT2D eigenvalue weighted by atomic mass is 35.5. The molecule has 15 heteroatoms. The highest BCUT2D eigenvalue weighted by molar-refractivity contribution is 6.32. The Kier molecular flexibility index (Phi) is 7.73. The molecule has 10 nitrogen and oxygen atoms in total. The van der Waals surface area contributed by atoms with Gasteiger partial charge in [0.2, 0.25) is 0 Å². The quantitative estimate of drug-likeness (QED) is 0.259. The number of carbonyl (C=O) groups excluding carboxylic acids is 1. The summed E-state index contributed by atoms with van der Waals surface area (Å²) >= 11 is 6.51. The van der Waals surface area contributed by atoms with Crippen LogP contribution in [0.3, 0.4) is 0 Å². The van der Waals surface area contributed by atoms with Gasteiger partial charge in [-0.25, -0.2) is 13.8 Å². The van der Waals surface area contributed by atoms with Gasteiger partial charge >= 0.3 is 6.61 Å². The second-order valence-electron chi connectivity index (χ2n) is 11.1. The van der Waals surface area contributed by atoms with Crippen LogP contribution in [-0.4, -0.2) is 58.3 Å². The van der Waals surface area contributed by atoms with E-state index in [1.54, 1.807) is 6.07 Å². The highest BCUT2D eigenvalue weighted by Crippen LogP contribution is 2.49. The fraction of sp³-hybridized carbons (Fsp3) is 0.300. The van der Waals surface area contributed by atoms with Crippen LogP contribution in [0.5, 0.6) is 11.5 Å². The van der Waals surface area contributed by atoms with Crippen molar-refractivity contribution in [3.63, 3.8) is 0 Å². The van der Waals surface area contributed by atoms with E-state index in [-0.39, 0.29) is 45.1 Å². The van der Waals surface area contributed by atoms with Gasteiger partial charge in [0.05, 0.1) is 23.8 Å². The minimum absolute atomic E-state index is 0.0144. The summed E-state index contributed by atoms with van der Waals surface area (Å²) in [7, 11) is 2.59. The van der Waals surface area contributed by atoms with Crippen molar-refractivity contribution in [2.24, 2.45) is 12.5 Å². The fourth-order valence-corrected chi connectivity index (χ4v) is 6.17. The molecule has 6 rings (SSSR count). The summed E-state index contributed by atoms with van der Waals surface area (Å²) in [5.41, 5.74) is -2.40. The molecule has 0 atom stereocenters.